The van der Waals surface area contributed by atoms with E-state index in [4.69, 9.17) is 4.52 Å². The van der Waals surface area contributed by atoms with Crippen molar-refractivity contribution in [3.05, 3.63) is 59.0 Å². The molecule has 6 nitrogen and oxygen atoms in total. The number of halogens is 1. The van der Waals surface area contributed by atoms with Gasteiger partial charge in [0.2, 0.25) is 0 Å². The molecule has 1 aliphatic heterocycles. The molecule has 0 bridgehead atoms. The molecule has 3 heterocycles. The zero-order valence-corrected chi connectivity index (χ0v) is 18.8. The van der Waals surface area contributed by atoms with E-state index >= 15 is 0 Å². The largest absolute Gasteiger partial charge is 0.355 e. The fourth-order valence-corrected chi connectivity index (χ4v) is 3.88. The van der Waals surface area contributed by atoms with E-state index in [0.29, 0.717) is 5.89 Å². The number of hydrogen-bond donors (Lipinski definition) is 0. The molecule has 1 aliphatic rings. The Morgan fingerprint density at radius 2 is 1.93 bits per heavy atom. The van der Waals surface area contributed by atoms with E-state index in [0.717, 1.165) is 62.8 Å². The molecule has 0 radical (unpaired) electrons. The molecule has 0 amide bonds. The van der Waals surface area contributed by atoms with Crippen LogP contribution in [0.4, 0.5) is 5.82 Å². The molecule has 2 aromatic heterocycles. The first kappa shape index (κ1) is 22.2. The summed E-state index contributed by atoms with van der Waals surface area (Å²) in [5.41, 5.74) is 5.04. The third-order valence-electron chi connectivity index (χ3n) is 5.59. The van der Waals surface area contributed by atoms with Crippen LogP contribution in [0.1, 0.15) is 35.9 Å². The van der Waals surface area contributed by atoms with Gasteiger partial charge in [-0.25, -0.2) is 4.98 Å². The number of rotatable bonds is 5. The molecule has 160 valence electrons. The summed E-state index contributed by atoms with van der Waals surface area (Å²) in [5, 5.41) is 4.05. The summed E-state index contributed by atoms with van der Waals surface area (Å²) < 4.78 is 5.49. The van der Waals surface area contributed by atoms with Gasteiger partial charge in [0.25, 0.3) is 5.89 Å². The lowest BCUT2D eigenvalue weighted by molar-refractivity contribution is 0.285. The highest BCUT2D eigenvalue weighted by Crippen LogP contribution is 2.28. The van der Waals surface area contributed by atoms with Gasteiger partial charge in [0, 0.05) is 45.3 Å². The van der Waals surface area contributed by atoms with Gasteiger partial charge >= 0.3 is 0 Å². The Morgan fingerprint density at radius 1 is 1.07 bits per heavy atom. The van der Waals surface area contributed by atoms with Crippen LogP contribution in [-0.2, 0) is 13.0 Å². The highest BCUT2D eigenvalue weighted by molar-refractivity contribution is 5.85. The van der Waals surface area contributed by atoms with E-state index in [9.17, 15) is 0 Å². The normalized spacial score (nSPS) is 15.0. The molecule has 7 heteroatoms. The van der Waals surface area contributed by atoms with Crippen molar-refractivity contribution in [1.29, 1.82) is 0 Å². The number of aromatic nitrogens is 3. The monoisotopic (exact) mass is 427 g/mol. The first-order valence-electron chi connectivity index (χ1n) is 10.5. The zero-order valence-electron chi connectivity index (χ0n) is 18.0. The van der Waals surface area contributed by atoms with Crippen molar-refractivity contribution in [2.45, 2.75) is 40.2 Å². The van der Waals surface area contributed by atoms with E-state index in [2.05, 4.69) is 57.0 Å². The highest BCUT2D eigenvalue weighted by atomic mass is 35.5. The van der Waals surface area contributed by atoms with Crippen molar-refractivity contribution in [2.24, 2.45) is 0 Å². The summed E-state index contributed by atoms with van der Waals surface area (Å²) in [5.74, 6) is 2.22. The summed E-state index contributed by atoms with van der Waals surface area (Å²) in [6.07, 6.45) is 3.70. The predicted molar refractivity (Wildman–Crippen MR) is 122 cm³/mol. The van der Waals surface area contributed by atoms with Crippen LogP contribution < -0.4 is 4.90 Å². The Labute approximate surface area is 184 Å². The van der Waals surface area contributed by atoms with Crippen LogP contribution in [0.25, 0.3) is 11.5 Å². The van der Waals surface area contributed by atoms with Crippen molar-refractivity contribution in [3.63, 3.8) is 0 Å². The smallest absolute Gasteiger partial charge is 0.261 e. The van der Waals surface area contributed by atoms with Crippen LogP contribution >= 0.6 is 12.4 Å². The first-order chi connectivity index (χ1) is 14.1. The van der Waals surface area contributed by atoms with Crippen molar-refractivity contribution < 1.29 is 4.52 Å². The van der Waals surface area contributed by atoms with Crippen molar-refractivity contribution >= 4 is 18.2 Å². The lowest BCUT2D eigenvalue weighted by atomic mass is 10.1. The van der Waals surface area contributed by atoms with Crippen LogP contribution in [0, 0.1) is 13.8 Å². The SMILES string of the molecule is CCc1noc(-c2cccnc2N2CCCN(Cc3cc(C)ccc3C)CC2)n1.Cl. The van der Waals surface area contributed by atoms with Crippen molar-refractivity contribution in [1.82, 2.24) is 20.0 Å². The molecule has 0 N–H and O–H groups in total. The maximum absolute atomic E-state index is 5.49. The predicted octanol–water partition coefficient (Wildman–Crippen LogP) is 4.44. The van der Waals surface area contributed by atoms with Crippen LogP contribution in [0.2, 0.25) is 0 Å². The minimum atomic E-state index is 0. The number of anilines is 1. The van der Waals surface area contributed by atoms with Crippen LogP contribution in [0.5, 0.6) is 0 Å². The number of aryl methyl sites for hydroxylation is 3. The fraction of sp³-hybridized carbons (Fsp3) is 0.435. The number of benzene rings is 1. The molecule has 0 saturated carbocycles. The Balaban J connectivity index is 0.00000256. The van der Waals surface area contributed by atoms with Gasteiger partial charge in [0.1, 0.15) is 5.82 Å². The van der Waals surface area contributed by atoms with E-state index in [-0.39, 0.29) is 12.4 Å². The van der Waals surface area contributed by atoms with Gasteiger partial charge in [-0.2, -0.15) is 4.98 Å². The molecular formula is C23H30ClN5O. The van der Waals surface area contributed by atoms with Gasteiger partial charge in [-0.05, 0) is 43.5 Å². The summed E-state index contributed by atoms with van der Waals surface area (Å²) in [4.78, 5) is 14.1. The maximum Gasteiger partial charge on any atom is 0.261 e. The van der Waals surface area contributed by atoms with E-state index in [1.165, 1.54) is 16.7 Å². The second-order valence-electron chi connectivity index (χ2n) is 7.79. The highest BCUT2D eigenvalue weighted by Gasteiger charge is 2.21. The number of pyridine rings is 1. The first-order valence-corrected chi connectivity index (χ1v) is 10.5. The lowest BCUT2D eigenvalue weighted by Crippen LogP contribution is -2.31. The molecule has 1 aromatic carbocycles. The molecule has 0 spiro atoms. The Hall–Kier alpha value is -2.44. The lowest BCUT2D eigenvalue weighted by Gasteiger charge is -2.24. The summed E-state index contributed by atoms with van der Waals surface area (Å²) in [7, 11) is 0. The molecule has 1 saturated heterocycles. The van der Waals surface area contributed by atoms with E-state index < -0.39 is 0 Å². The van der Waals surface area contributed by atoms with Crippen LogP contribution in [0.15, 0.2) is 41.1 Å². The molecule has 0 unspecified atom stereocenters. The molecule has 0 atom stereocenters. The van der Waals surface area contributed by atoms with Crippen molar-refractivity contribution in [3.8, 4) is 11.5 Å². The third-order valence-corrected chi connectivity index (χ3v) is 5.59. The molecular weight excluding hydrogens is 398 g/mol. The van der Waals surface area contributed by atoms with Gasteiger partial charge in [-0.1, -0.05) is 35.8 Å². The van der Waals surface area contributed by atoms with E-state index in [1.54, 1.807) is 0 Å². The summed E-state index contributed by atoms with van der Waals surface area (Å²) >= 11 is 0. The van der Waals surface area contributed by atoms with Gasteiger partial charge in [0.05, 0.1) is 5.56 Å². The van der Waals surface area contributed by atoms with Crippen LogP contribution in [0.3, 0.4) is 0 Å². The minimum Gasteiger partial charge on any atom is -0.355 e. The fourth-order valence-electron chi connectivity index (χ4n) is 3.88. The van der Waals surface area contributed by atoms with Gasteiger partial charge < -0.3 is 9.42 Å². The Kier molecular flexibility index (Phi) is 7.45. The maximum atomic E-state index is 5.49. The third kappa shape index (κ3) is 4.99. The Bertz CT molecular complexity index is 974. The average Bonchev–Trinajstić information content (AvgIpc) is 3.10. The second kappa shape index (κ2) is 10.0. The molecule has 30 heavy (non-hydrogen) atoms. The molecule has 3 aromatic rings. The second-order valence-corrected chi connectivity index (χ2v) is 7.79. The van der Waals surface area contributed by atoms with Crippen molar-refractivity contribution in [2.75, 3.05) is 31.1 Å². The van der Waals surface area contributed by atoms with Gasteiger partial charge in [0.15, 0.2) is 5.82 Å². The van der Waals surface area contributed by atoms with Gasteiger partial charge in [-0.3, -0.25) is 4.90 Å². The van der Waals surface area contributed by atoms with Crippen LogP contribution in [-0.4, -0.2) is 46.2 Å². The number of hydrogen-bond acceptors (Lipinski definition) is 6. The molecule has 0 aliphatic carbocycles. The average molecular weight is 428 g/mol. The minimum absolute atomic E-state index is 0. The summed E-state index contributed by atoms with van der Waals surface area (Å²) in [6.45, 7) is 11.4. The summed E-state index contributed by atoms with van der Waals surface area (Å²) in [6, 6.07) is 10.7. The number of nitrogens with zero attached hydrogens (tertiary/aromatic N) is 5. The van der Waals surface area contributed by atoms with E-state index in [1.807, 2.05) is 25.3 Å². The van der Waals surface area contributed by atoms with Gasteiger partial charge in [-0.15, -0.1) is 12.4 Å². The Morgan fingerprint density at radius 3 is 2.73 bits per heavy atom. The quantitative estimate of drug-likeness (QED) is 0.599. The molecule has 4 rings (SSSR count). The molecule has 1 fully saturated rings. The standard InChI is InChI=1S/C23H29N5O.ClH/c1-4-21-25-23(29-26-21)20-7-5-10-24-22(20)28-12-6-11-27(13-14-28)16-19-15-17(2)8-9-18(19)3;/h5,7-10,15H,4,6,11-14,16H2,1-3H3;1H. The topological polar surface area (TPSA) is 58.3 Å². The zero-order chi connectivity index (χ0) is 20.2.